The quantitative estimate of drug-likeness (QED) is 0.627. The molecule has 2 amide bonds. The molecule has 2 aliphatic rings. The minimum Gasteiger partial charge on any atom is -0.356 e. The number of hydrogen-bond acceptors (Lipinski definition) is 3. The zero-order valence-electron chi connectivity index (χ0n) is 18.3. The fourth-order valence-electron chi connectivity index (χ4n) is 4.49. The van der Waals surface area contributed by atoms with Gasteiger partial charge in [-0.05, 0) is 55.0 Å². The monoisotopic (exact) mass is 452 g/mol. The van der Waals surface area contributed by atoms with Gasteiger partial charge in [0.05, 0.1) is 4.91 Å². The summed E-state index contributed by atoms with van der Waals surface area (Å²) in [7, 11) is 0. The summed E-state index contributed by atoms with van der Waals surface area (Å²) in [5, 5.41) is 3.27. The lowest BCUT2D eigenvalue weighted by Crippen LogP contribution is -2.53. The van der Waals surface area contributed by atoms with Gasteiger partial charge in [-0.2, -0.15) is 0 Å². The van der Waals surface area contributed by atoms with Crippen LogP contribution in [-0.2, 0) is 16.1 Å². The number of hydrogen-bond donors (Lipinski definition) is 1. The number of fused-ring (bicyclic) bond motifs is 1. The van der Waals surface area contributed by atoms with Crippen LogP contribution in [0.4, 0.5) is 4.39 Å². The SMILES string of the molecule is CCCNC(=O)C1CCC2S/C(=C\c3ccccc3)C(=O)N(Cc3ccc(F)cc3)C2C1. The third kappa shape index (κ3) is 5.23. The number of carbonyl (C=O) groups is 2. The number of benzene rings is 2. The van der Waals surface area contributed by atoms with Gasteiger partial charge < -0.3 is 10.2 Å². The largest absolute Gasteiger partial charge is 0.356 e. The molecular formula is C26H29FN2O2S. The molecule has 168 valence electrons. The summed E-state index contributed by atoms with van der Waals surface area (Å²) < 4.78 is 13.4. The van der Waals surface area contributed by atoms with E-state index in [1.54, 1.807) is 23.9 Å². The van der Waals surface area contributed by atoms with Crippen molar-refractivity contribution in [3.8, 4) is 0 Å². The van der Waals surface area contributed by atoms with E-state index in [1.165, 1.54) is 12.1 Å². The van der Waals surface area contributed by atoms with Gasteiger partial charge in [0.25, 0.3) is 5.91 Å². The van der Waals surface area contributed by atoms with Gasteiger partial charge in [0.1, 0.15) is 5.82 Å². The predicted octanol–water partition coefficient (Wildman–Crippen LogP) is 5.01. The summed E-state index contributed by atoms with van der Waals surface area (Å²) in [6.07, 6.45) is 5.25. The van der Waals surface area contributed by atoms with E-state index in [2.05, 4.69) is 5.32 Å². The number of nitrogens with zero attached hydrogens (tertiary/aromatic N) is 1. The second-order valence-electron chi connectivity index (χ2n) is 8.50. The highest BCUT2D eigenvalue weighted by atomic mass is 32.2. The molecule has 3 unspecified atom stereocenters. The second-order valence-corrected chi connectivity index (χ2v) is 9.78. The first-order chi connectivity index (χ1) is 15.5. The third-order valence-corrected chi connectivity index (χ3v) is 7.59. The van der Waals surface area contributed by atoms with Crippen molar-refractivity contribution in [3.63, 3.8) is 0 Å². The predicted molar refractivity (Wildman–Crippen MR) is 127 cm³/mol. The van der Waals surface area contributed by atoms with Gasteiger partial charge in [-0.3, -0.25) is 9.59 Å². The minimum atomic E-state index is -0.290. The number of amides is 2. The number of carbonyl (C=O) groups excluding carboxylic acids is 2. The van der Waals surface area contributed by atoms with E-state index < -0.39 is 0 Å². The van der Waals surface area contributed by atoms with E-state index in [0.29, 0.717) is 19.5 Å². The van der Waals surface area contributed by atoms with Crippen molar-refractivity contribution in [1.29, 1.82) is 0 Å². The van der Waals surface area contributed by atoms with Crippen molar-refractivity contribution in [1.82, 2.24) is 10.2 Å². The fraction of sp³-hybridized carbons (Fsp3) is 0.385. The van der Waals surface area contributed by atoms with Crippen LogP contribution in [0.2, 0.25) is 0 Å². The Kier molecular flexibility index (Phi) is 7.30. The molecule has 1 aliphatic carbocycles. The molecular weight excluding hydrogens is 423 g/mol. The topological polar surface area (TPSA) is 49.4 Å². The van der Waals surface area contributed by atoms with Gasteiger partial charge in [-0.15, -0.1) is 11.8 Å². The molecule has 2 aromatic rings. The summed E-state index contributed by atoms with van der Waals surface area (Å²) >= 11 is 1.64. The average molecular weight is 453 g/mol. The molecule has 2 aromatic carbocycles. The van der Waals surface area contributed by atoms with E-state index in [9.17, 15) is 14.0 Å². The molecule has 32 heavy (non-hydrogen) atoms. The van der Waals surface area contributed by atoms with Gasteiger partial charge in [-0.25, -0.2) is 4.39 Å². The zero-order valence-corrected chi connectivity index (χ0v) is 19.1. The van der Waals surface area contributed by atoms with Gasteiger partial charge in [0.2, 0.25) is 5.91 Å². The lowest BCUT2D eigenvalue weighted by Gasteiger charge is -2.46. The van der Waals surface area contributed by atoms with Gasteiger partial charge >= 0.3 is 0 Å². The second kappa shape index (κ2) is 10.3. The molecule has 6 heteroatoms. The highest BCUT2D eigenvalue weighted by molar-refractivity contribution is 8.04. The van der Waals surface area contributed by atoms with Crippen LogP contribution >= 0.6 is 11.8 Å². The summed E-state index contributed by atoms with van der Waals surface area (Å²) in [5.41, 5.74) is 1.89. The van der Waals surface area contributed by atoms with Crippen LogP contribution in [0.5, 0.6) is 0 Å². The summed E-state index contributed by atoms with van der Waals surface area (Å²) in [6.45, 7) is 3.13. The molecule has 1 saturated heterocycles. The molecule has 1 saturated carbocycles. The normalized spacial score (nSPS) is 24.3. The fourth-order valence-corrected chi connectivity index (χ4v) is 5.91. The van der Waals surface area contributed by atoms with Crippen LogP contribution < -0.4 is 5.32 Å². The van der Waals surface area contributed by atoms with Gasteiger partial charge in [0.15, 0.2) is 0 Å². The number of rotatable bonds is 6. The Labute approximate surface area is 193 Å². The number of halogens is 1. The summed E-state index contributed by atoms with van der Waals surface area (Å²) in [5.74, 6) is -0.289. The van der Waals surface area contributed by atoms with Crippen LogP contribution in [0, 0.1) is 11.7 Å². The number of nitrogens with one attached hydrogen (secondary N) is 1. The molecule has 0 bridgehead atoms. The maximum atomic E-state index is 13.6. The Morgan fingerprint density at radius 3 is 2.62 bits per heavy atom. The van der Waals surface area contributed by atoms with E-state index in [1.807, 2.05) is 48.2 Å². The minimum absolute atomic E-state index is 0.0148. The van der Waals surface area contributed by atoms with Crippen molar-refractivity contribution in [3.05, 3.63) is 76.4 Å². The van der Waals surface area contributed by atoms with Crippen molar-refractivity contribution >= 4 is 29.7 Å². The maximum Gasteiger partial charge on any atom is 0.260 e. The van der Waals surface area contributed by atoms with Gasteiger partial charge in [-0.1, -0.05) is 49.4 Å². The van der Waals surface area contributed by atoms with Crippen molar-refractivity contribution in [2.24, 2.45) is 5.92 Å². The molecule has 3 atom stereocenters. The lowest BCUT2D eigenvalue weighted by molar-refractivity contribution is -0.133. The van der Waals surface area contributed by atoms with Crippen LogP contribution in [0.3, 0.4) is 0 Å². The average Bonchev–Trinajstić information content (AvgIpc) is 2.82. The molecule has 0 aromatic heterocycles. The first-order valence-corrected chi connectivity index (χ1v) is 12.2. The first-order valence-electron chi connectivity index (χ1n) is 11.3. The van der Waals surface area contributed by atoms with Crippen LogP contribution in [0.15, 0.2) is 59.5 Å². The molecule has 4 nitrogen and oxygen atoms in total. The van der Waals surface area contributed by atoms with E-state index in [4.69, 9.17) is 0 Å². The Balaban J connectivity index is 1.60. The van der Waals surface area contributed by atoms with Gasteiger partial charge in [0, 0.05) is 30.3 Å². The highest BCUT2D eigenvalue weighted by Gasteiger charge is 2.44. The standard InChI is InChI=1S/C26H29FN2O2S/c1-2-14-28-25(30)20-10-13-23-22(16-20)29(17-19-8-11-21(27)12-9-19)26(31)24(32-23)15-18-6-4-3-5-7-18/h3-9,11-12,15,20,22-23H,2,10,13-14,16-17H2,1H3,(H,28,30)/b24-15-. The molecule has 0 spiro atoms. The zero-order chi connectivity index (χ0) is 22.5. The lowest BCUT2D eigenvalue weighted by atomic mass is 9.83. The van der Waals surface area contributed by atoms with Crippen molar-refractivity contribution in [2.45, 2.75) is 50.4 Å². The first kappa shape index (κ1) is 22.6. The molecule has 4 rings (SSSR count). The van der Waals surface area contributed by atoms with Crippen LogP contribution in [0.1, 0.15) is 43.7 Å². The molecule has 1 aliphatic heterocycles. The maximum absolute atomic E-state index is 13.6. The van der Waals surface area contributed by atoms with Crippen LogP contribution in [-0.4, -0.2) is 34.6 Å². The van der Waals surface area contributed by atoms with E-state index in [0.717, 1.165) is 35.3 Å². The Hall–Kier alpha value is -2.60. The highest BCUT2D eigenvalue weighted by Crippen LogP contribution is 2.44. The number of thioether (sulfide) groups is 1. The summed E-state index contributed by atoms with van der Waals surface area (Å²) in [4.78, 5) is 28.8. The Morgan fingerprint density at radius 2 is 1.91 bits per heavy atom. The third-order valence-electron chi connectivity index (χ3n) is 6.19. The molecule has 1 N–H and O–H groups in total. The Bertz CT molecular complexity index is 977. The van der Waals surface area contributed by atoms with Crippen molar-refractivity contribution < 1.29 is 14.0 Å². The van der Waals surface area contributed by atoms with Crippen molar-refractivity contribution in [2.75, 3.05) is 6.54 Å². The molecule has 1 heterocycles. The Morgan fingerprint density at radius 1 is 1.16 bits per heavy atom. The van der Waals surface area contributed by atoms with E-state index in [-0.39, 0.29) is 34.8 Å². The summed E-state index contributed by atoms with van der Waals surface area (Å²) in [6, 6.07) is 16.2. The van der Waals surface area contributed by atoms with E-state index >= 15 is 0 Å². The van der Waals surface area contributed by atoms with Crippen LogP contribution in [0.25, 0.3) is 6.08 Å². The smallest absolute Gasteiger partial charge is 0.260 e. The molecule has 2 fully saturated rings. The molecule has 0 radical (unpaired) electrons.